The number of benzene rings is 2. The molecule has 3 aromatic rings. The van der Waals surface area contributed by atoms with Gasteiger partial charge in [0.05, 0.1) is 11.0 Å². The summed E-state index contributed by atoms with van der Waals surface area (Å²) in [5, 5.41) is 2.58. The highest BCUT2D eigenvalue weighted by atomic mass is 32.2. The standard InChI is InChI=1S/C17H18N4O4S/c1-18-17(22)12-5-8-14-15(9-12)20-16(19-14)11-3-6-13(7-4-11)21-26(23,24)10-25-2/h3-9,21H,10H2,1-2H3,(H,18,22)(H,19,20). The van der Waals surface area contributed by atoms with Gasteiger partial charge in [0.25, 0.3) is 15.9 Å². The normalized spacial score (nSPS) is 11.5. The van der Waals surface area contributed by atoms with E-state index in [-0.39, 0.29) is 5.91 Å². The van der Waals surface area contributed by atoms with Crippen molar-refractivity contribution >= 4 is 32.7 Å². The van der Waals surface area contributed by atoms with Crippen LogP contribution < -0.4 is 10.0 Å². The lowest BCUT2D eigenvalue weighted by Crippen LogP contribution is -2.17. The number of aromatic nitrogens is 2. The zero-order chi connectivity index (χ0) is 18.7. The predicted molar refractivity (Wildman–Crippen MR) is 99.3 cm³/mol. The van der Waals surface area contributed by atoms with E-state index < -0.39 is 16.0 Å². The molecule has 3 rings (SSSR count). The van der Waals surface area contributed by atoms with E-state index in [0.717, 1.165) is 16.6 Å². The first-order valence-corrected chi connectivity index (χ1v) is 9.39. The number of methoxy groups -OCH3 is 1. The van der Waals surface area contributed by atoms with Crippen LogP contribution in [-0.2, 0) is 14.8 Å². The number of sulfonamides is 1. The smallest absolute Gasteiger partial charge is 0.257 e. The van der Waals surface area contributed by atoms with Crippen LogP contribution in [0.4, 0.5) is 5.69 Å². The van der Waals surface area contributed by atoms with Crippen LogP contribution in [0, 0.1) is 0 Å². The van der Waals surface area contributed by atoms with Gasteiger partial charge in [0, 0.05) is 31.0 Å². The van der Waals surface area contributed by atoms with E-state index in [9.17, 15) is 13.2 Å². The average Bonchev–Trinajstić information content (AvgIpc) is 3.04. The van der Waals surface area contributed by atoms with Crippen molar-refractivity contribution in [2.45, 2.75) is 0 Å². The summed E-state index contributed by atoms with van der Waals surface area (Å²) in [6, 6.07) is 12.0. The molecule has 9 heteroatoms. The number of carbonyl (C=O) groups is 1. The maximum absolute atomic E-state index is 11.7. The Morgan fingerprint density at radius 1 is 1.19 bits per heavy atom. The Kier molecular flexibility index (Phi) is 4.92. The third-order valence-corrected chi connectivity index (χ3v) is 4.77. The van der Waals surface area contributed by atoms with Crippen LogP contribution in [0.15, 0.2) is 42.5 Å². The van der Waals surface area contributed by atoms with Crippen LogP contribution in [0.2, 0.25) is 0 Å². The van der Waals surface area contributed by atoms with Gasteiger partial charge in [-0.25, -0.2) is 13.4 Å². The van der Waals surface area contributed by atoms with Gasteiger partial charge in [-0.15, -0.1) is 0 Å². The number of nitrogens with zero attached hydrogens (tertiary/aromatic N) is 1. The van der Waals surface area contributed by atoms with Crippen LogP contribution in [0.25, 0.3) is 22.4 Å². The second-order valence-electron chi connectivity index (χ2n) is 5.60. The molecule has 0 aliphatic heterocycles. The second-order valence-corrected chi connectivity index (χ2v) is 7.27. The van der Waals surface area contributed by atoms with Gasteiger partial charge in [-0.2, -0.15) is 0 Å². The summed E-state index contributed by atoms with van der Waals surface area (Å²) < 4.78 is 30.5. The maximum Gasteiger partial charge on any atom is 0.257 e. The molecule has 1 aromatic heterocycles. The Bertz CT molecular complexity index is 1040. The molecule has 0 fully saturated rings. The van der Waals surface area contributed by atoms with Crippen molar-refractivity contribution < 1.29 is 17.9 Å². The van der Waals surface area contributed by atoms with E-state index >= 15 is 0 Å². The summed E-state index contributed by atoms with van der Waals surface area (Å²) in [6.45, 7) is 0. The summed E-state index contributed by atoms with van der Waals surface area (Å²) in [7, 11) is -0.636. The van der Waals surface area contributed by atoms with E-state index in [4.69, 9.17) is 0 Å². The monoisotopic (exact) mass is 374 g/mol. The Hall–Kier alpha value is -2.91. The van der Waals surface area contributed by atoms with Crippen LogP contribution in [-0.4, -0.2) is 44.4 Å². The highest BCUT2D eigenvalue weighted by Gasteiger charge is 2.11. The Balaban J connectivity index is 1.86. The van der Waals surface area contributed by atoms with Crippen LogP contribution in [0.3, 0.4) is 0 Å². The van der Waals surface area contributed by atoms with Gasteiger partial charge in [-0.1, -0.05) is 0 Å². The van der Waals surface area contributed by atoms with Crippen molar-refractivity contribution in [3.63, 3.8) is 0 Å². The van der Waals surface area contributed by atoms with Gasteiger partial charge in [0.1, 0.15) is 5.82 Å². The largest absolute Gasteiger partial charge is 0.367 e. The van der Waals surface area contributed by atoms with Crippen molar-refractivity contribution in [1.82, 2.24) is 15.3 Å². The van der Waals surface area contributed by atoms with Crippen LogP contribution in [0.5, 0.6) is 0 Å². The number of carbonyl (C=O) groups excluding carboxylic acids is 1. The van der Waals surface area contributed by atoms with Gasteiger partial charge in [-0.3, -0.25) is 9.52 Å². The topological polar surface area (TPSA) is 113 Å². The third-order valence-electron chi connectivity index (χ3n) is 3.68. The maximum atomic E-state index is 11.7. The average molecular weight is 374 g/mol. The van der Waals surface area contributed by atoms with Crippen molar-refractivity contribution in [3.05, 3.63) is 48.0 Å². The molecule has 0 aliphatic rings. The molecule has 3 N–H and O–H groups in total. The SMILES string of the molecule is CNC(=O)c1ccc2nc(-c3ccc(NS(=O)(=O)COC)cc3)[nH]c2c1. The zero-order valence-corrected chi connectivity index (χ0v) is 15.1. The number of amides is 1. The molecular formula is C17H18N4O4S. The predicted octanol–water partition coefficient (Wildman–Crippen LogP) is 1.94. The van der Waals surface area contributed by atoms with Crippen molar-refractivity contribution in [3.8, 4) is 11.4 Å². The molecule has 0 atom stereocenters. The van der Waals surface area contributed by atoms with Gasteiger partial charge < -0.3 is 15.0 Å². The van der Waals surface area contributed by atoms with Gasteiger partial charge in [-0.05, 0) is 42.5 Å². The molecule has 2 aromatic carbocycles. The Morgan fingerprint density at radius 2 is 1.92 bits per heavy atom. The van der Waals surface area contributed by atoms with Crippen molar-refractivity contribution in [2.75, 3.05) is 24.8 Å². The first-order chi connectivity index (χ1) is 12.4. The van der Waals surface area contributed by atoms with Gasteiger partial charge in [0.2, 0.25) is 0 Å². The minimum absolute atomic E-state index is 0.171. The fourth-order valence-electron chi connectivity index (χ4n) is 2.49. The van der Waals surface area contributed by atoms with Crippen molar-refractivity contribution in [1.29, 1.82) is 0 Å². The fourth-order valence-corrected chi connectivity index (χ4v) is 3.36. The van der Waals surface area contributed by atoms with E-state index in [2.05, 4.69) is 24.7 Å². The molecule has 0 bridgehead atoms. The molecule has 0 unspecified atom stereocenters. The van der Waals surface area contributed by atoms with Crippen LogP contribution >= 0.6 is 0 Å². The highest BCUT2D eigenvalue weighted by molar-refractivity contribution is 7.92. The molecule has 0 saturated carbocycles. The van der Waals surface area contributed by atoms with E-state index in [1.807, 2.05) is 0 Å². The van der Waals surface area contributed by atoms with Crippen LogP contribution in [0.1, 0.15) is 10.4 Å². The molecule has 26 heavy (non-hydrogen) atoms. The second kappa shape index (κ2) is 7.14. The molecule has 0 saturated heterocycles. The summed E-state index contributed by atoms with van der Waals surface area (Å²) >= 11 is 0. The zero-order valence-electron chi connectivity index (χ0n) is 14.2. The molecule has 1 amide bonds. The number of fused-ring (bicyclic) bond motifs is 1. The molecule has 136 valence electrons. The lowest BCUT2D eigenvalue weighted by atomic mass is 10.2. The number of imidazole rings is 1. The first-order valence-electron chi connectivity index (χ1n) is 7.73. The summed E-state index contributed by atoms with van der Waals surface area (Å²) in [5.41, 5.74) is 3.24. The van der Waals surface area contributed by atoms with Gasteiger partial charge in [0.15, 0.2) is 5.94 Å². The number of rotatable bonds is 6. The molecule has 0 spiro atoms. The lowest BCUT2D eigenvalue weighted by Gasteiger charge is -2.07. The first kappa shape index (κ1) is 17.9. The number of anilines is 1. The molecule has 0 aliphatic carbocycles. The number of H-pyrrole nitrogens is 1. The number of ether oxygens (including phenoxy) is 1. The molecule has 8 nitrogen and oxygen atoms in total. The number of aromatic amines is 1. The summed E-state index contributed by atoms with van der Waals surface area (Å²) in [4.78, 5) is 19.4. The quantitative estimate of drug-likeness (QED) is 0.610. The Labute approximate surface area is 150 Å². The minimum atomic E-state index is -3.53. The number of nitrogens with one attached hydrogen (secondary N) is 3. The minimum Gasteiger partial charge on any atom is -0.367 e. The molecular weight excluding hydrogens is 356 g/mol. The highest BCUT2D eigenvalue weighted by Crippen LogP contribution is 2.23. The summed E-state index contributed by atoms with van der Waals surface area (Å²) in [6.07, 6.45) is 0. The fraction of sp³-hybridized carbons (Fsp3) is 0.176. The number of hydrogen-bond donors (Lipinski definition) is 3. The Morgan fingerprint density at radius 3 is 2.58 bits per heavy atom. The third kappa shape index (κ3) is 3.84. The van der Waals surface area contributed by atoms with E-state index in [1.54, 1.807) is 49.5 Å². The van der Waals surface area contributed by atoms with Gasteiger partial charge >= 0.3 is 0 Å². The molecule has 0 radical (unpaired) electrons. The van der Waals surface area contributed by atoms with E-state index in [0.29, 0.717) is 17.1 Å². The number of hydrogen-bond acceptors (Lipinski definition) is 5. The molecule has 1 heterocycles. The van der Waals surface area contributed by atoms with E-state index in [1.165, 1.54) is 7.11 Å². The lowest BCUT2D eigenvalue weighted by molar-refractivity contribution is 0.0963. The summed E-state index contributed by atoms with van der Waals surface area (Å²) in [5.74, 6) is 0.0440. The van der Waals surface area contributed by atoms with Crippen molar-refractivity contribution in [2.24, 2.45) is 0 Å².